The number of amides is 1. The maximum atomic E-state index is 12.9. The van der Waals surface area contributed by atoms with Crippen LogP contribution in [-0.4, -0.2) is 40.9 Å². The highest BCUT2D eigenvalue weighted by molar-refractivity contribution is 7.89. The SMILES string of the molecule is CS(=O)(=O)N[C@@H](Cc1cccc(C(=N)N)c1)C(=O)NCc1ccc(-c2ccccc2S(N)(=O)=O)cc1Cl. The molecule has 0 bridgehead atoms. The molecule has 0 radical (unpaired) electrons. The second-order valence-corrected chi connectivity index (χ2v) is 12.0. The molecule has 0 aliphatic carbocycles. The summed E-state index contributed by atoms with van der Waals surface area (Å²) in [5, 5.41) is 15.8. The van der Waals surface area contributed by atoms with Gasteiger partial charge in [0, 0.05) is 22.7 Å². The molecule has 7 N–H and O–H groups in total. The third kappa shape index (κ3) is 7.84. The number of nitrogen functional groups attached to an aromatic ring is 1. The van der Waals surface area contributed by atoms with Crippen LogP contribution in [0.1, 0.15) is 16.7 Å². The van der Waals surface area contributed by atoms with Crippen LogP contribution in [0.3, 0.4) is 0 Å². The number of rotatable bonds is 10. The van der Waals surface area contributed by atoms with Crippen LogP contribution in [0.25, 0.3) is 11.1 Å². The predicted octanol–water partition coefficient (Wildman–Crippen LogP) is 1.72. The van der Waals surface area contributed by atoms with Crippen molar-refractivity contribution in [2.45, 2.75) is 23.9 Å². The molecular formula is C24H26ClN5O5S2. The van der Waals surface area contributed by atoms with E-state index in [0.29, 0.717) is 27.8 Å². The molecule has 3 aromatic rings. The first-order chi connectivity index (χ1) is 17.2. The maximum absolute atomic E-state index is 12.9. The molecular weight excluding hydrogens is 538 g/mol. The highest BCUT2D eigenvalue weighted by Crippen LogP contribution is 2.30. The molecule has 0 spiro atoms. The van der Waals surface area contributed by atoms with Crippen molar-refractivity contribution in [3.05, 3.63) is 88.4 Å². The summed E-state index contributed by atoms with van der Waals surface area (Å²) in [4.78, 5) is 12.9. The van der Waals surface area contributed by atoms with Crippen LogP contribution in [0.2, 0.25) is 5.02 Å². The average Bonchev–Trinajstić information content (AvgIpc) is 2.81. The molecule has 0 saturated carbocycles. The molecule has 196 valence electrons. The molecule has 13 heteroatoms. The van der Waals surface area contributed by atoms with Gasteiger partial charge in [0.2, 0.25) is 26.0 Å². The molecule has 37 heavy (non-hydrogen) atoms. The fourth-order valence-electron chi connectivity index (χ4n) is 3.66. The number of carbonyl (C=O) groups is 1. The zero-order valence-corrected chi connectivity index (χ0v) is 22.1. The summed E-state index contributed by atoms with van der Waals surface area (Å²) in [5.74, 6) is -0.734. The first-order valence-corrected chi connectivity index (χ1v) is 14.6. The number of hydrogen-bond acceptors (Lipinski definition) is 6. The molecule has 1 atom stereocenters. The second-order valence-electron chi connectivity index (χ2n) is 8.33. The molecule has 0 saturated heterocycles. The predicted molar refractivity (Wildman–Crippen MR) is 143 cm³/mol. The lowest BCUT2D eigenvalue weighted by Crippen LogP contribution is -2.47. The van der Waals surface area contributed by atoms with Gasteiger partial charge in [0.25, 0.3) is 0 Å². The smallest absolute Gasteiger partial charge is 0.238 e. The van der Waals surface area contributed by atoms with Gasteiger partial charge in [-0.25, -0.2) is 26.7 Å². The van der Waals surface area contributed by atoms with Gasteiger partial charge in [-0.1, -0.05) is 60.1 Å². The van der Waals surface area contributed by atoms with Gasteiger partial charge >= 0.3 is 0 Å². The third-order valence-corrected chi connectivity index (χ3v) is 7.39. The summed E-state index contributed by atoms with van der Waals surface area (Å²) in [6.07, 6.45) is 0.977. The lowest BCUT2D eigenvalue weighted by atomic mass is 10.0. The van der Waals surface area contributed by atoms with E-state index in [1.807, 2.05) is 0 Å². The highest BCUT2D eigenvalue weighted by atomic mass is 35.5. The van der Waals surface area contributed by atoms with Gasteiger partial charge in [-0.15, -0.1) is 0 Å². The normalized spacial score (nSPS) is 12.6. The van der Waals surface area contributed by atoms with E-state index in [2.05, 4.69) is 10.0 Å². The number of nitrogens with two attached hydrogens (primary N) is 2. The quantitative estimate of drug-likeness (QED) is 0.184. The van der Waals surface area contributed by atoms with Gasteiger partial charge < -0.3 is 11.1 Å². The van der Waals surface area contributed by atoms with Crippen molar-refractivity contribution in [1.29, 1.82) is 5.41 Å². The Balaban J connectivity index is 1.79. The Labute approximate surface area is 220 Å². The van der Waals surface area contributed by atoms with E-state index in [1.54, 1.807) is 60.7 Å². The number of benzene rings is 3. The third-order valence-electron chi connectivity index (χ3n) is 5.36. The number of halogens is 1. The van der Waals surface area contributed by atoms with E-state index in [9.17, 15) is 21.6 Å². The Kier molecular flexibility index (Phi) is 8.72. The van der Waals surface area contributed by atoms with Crippen LogP contribution < -0.4 is 20.9 Å². The van der Waals surface area contributed by atoms with Gasteiger partial charge in [-0.2, -0.15) is 0 Å². The van der Waals surface area contributed by atoms with Crippen molar-refractivity contribution in [3.63, 3.8) is 0 Å². The largest absolute Gasteiger partial charge is 0.384 e. The van der Waals surface area contributed by atoms with Gasteiger partial charge in [-0.3, -0.25) is 10.2 Å². The summed E-state index contributed by atoms with van der Waals surface area (Å²) in [7, 11) is -7.68. The molecule has 0 aliphatic rings. The molecule has 0 aromatic heterocycles. The van der Waals surface area contributed by atoms with Crippen molar-refractivity contribution < 1.29 is 21.6 Å². The lowest BCUT2D eigenvalue weighted by molar-refractivity contribution is -0.122. The zero-order valence-electron chi connectivity index (χ0n) is 19.7. The number of sulfonamides is 2. The summed E-state index contributed by atoms with van der Waals surface area (Å²) in [6.45, 7) is -0.00971. The summed E-state index contributed by atoms with van der Waals surface area (Å²) >= 11 is 6.42. The van der Waals surface area contributed by atoms with E-state index >= 15 is 0 Å². The molecule has 1 amide bonds. The summed E-state index contributed by atoms with van der Waals surface area (Å²) < 4.78 is 50.0. The average molecular weight is 564 g/mol. The number of primary sulfonamides is 1. The van der Waals surface area contributed by atoms with Crippen LogP contribution in [-0.2, 0) is 37.8 Å². The van der Waals surface area contributed by atoms with E-state index in [0.717, 1.165) is 6.26 Å². The fourth-order valence-corrected chi connectivity index (χ4v) is 5.38. The van der Waals surface area contributed by atoms with Crippen molar-refractivity contribution >= 4 is 43.4 Å². The molecule has 0 fully saturated rings. The van der Waals surface area contributed by atoms with Crippen LogP contribution in [0, 0.1) is 5.41 Å². The molecule has 3 rings (SSSR count). The minimum atomic E-state index is -3.96. The number of hydrogen-bond donors (Lipinski definition) is 5. The van der Waals surface area contributed by atoms with Crippen LogP contribution in [0.5, 0.6) is 0 Å². The summed E-state index contributed by atoms with van der Waals surface area (Å²) in [6, 6.07) is 16.6. The molecule has 0 aliphatic heterocycles. The van der Waals surface area contributed by atoms with Crippen molar-refractivity contribution in [2.75, 3.05) is 6.26 Å². The van der Waals surface area contributed by atoms with Crippen molar-refractivity contribution in [1.82, 2.24) is 10.0 Å². The number of carbonyl (C=O) groups excluding carboxylic acids is 1. The van der Waals surface area contributed by atoms with E-state index in [4.69, 9.17) is 27.9 Å². The summed E-state index contributed by atoms with van der Waals surface area (Å²) in [5.41, 5.74) is 8.02. The van der Waals surface area contributed by atoms with E-state index in [-0.39, 0.29) is 28.7 Å². The van der Waals surface area contributed by atoms with Gasteiger partial charge in [0.05, 0.1) is 11.2 Å². The Morgan fingerprint density at radius 1 is 1.03 bits per heavy atom. The standard InChI is InChI=1S/C24H26ClN5O5S2/c1-36(32,33)30-21(12-15-5-4-6-17(11-15)23(26)27)24(31)29-14-18-10-9-16(13-20(18)25)19-7-2-3-8-22(19)37(28,34)35/h2-11,13,21,30H,12,14H2,1H3,(H3,26,27)(H,29,31)(H2,28,34,35)/t21-/m0/s1. The molecule has 3 aromatic carbocycles. The first kappa shape index (κ1) is 28.3. The van der Waals surface area contributed by atoms with E-state index < -0.39 is 32.0 Å². The number of nitrogens with one attached hydrogen (secondary N) is 3. The van der Waals surface area contributed by atoms with E-state index in [1.165, 1.54) is 6.07 Å². The Morgan fingerprint density at radius 3 is 2.35 bits per heavy atom. The minimum Gasteiger partial charge on any atom is -0.384 e. The Morgan fingerprint density at radius 2 is 1.73 bits per heavy atom. The van der Waals surface area contributed by atoms with Gasteiger partial charge in [-0.05, 0) is 41.3 Å². The molecule has 0 heterocycles. The van der Waals surface area contributed by atoms with Crippen LogP contribution in [0.4, 0.5) is 0 Å². The van der Waals surface area contributed by atoms with Crippen molar-refractivity contribution in [2.24, 2.45) is 10.9 Å². The Bertz CT molecular complexity index is 1560. The van der Waals surface area contributed by atoms with Gasteiger partial charge in [0.1, 0.15) is 11.9 Å². The minimum absolute atomic E-state index is 0.00971. The lowest BCUT2D eigenvalue weighted by Gasteiger charge is -2.18. The molecule has 10 nitrogen and oxygen atoms in total. The van der Waals surface area contributed by atoms with Crippen LogP contribution in [0.15, 0.2) is 71.6 Å². The second kappa shape index (κ2) is 11.4. The van der Waals surface area contributed by atoms with Gasteiger partial charge in [0.15, 0.2) is 0 Å². The fraction of sp³-hybridized carbons (Fsp3) is 0.167. The highest BCUT2D eigenvalue weighted by Gasteiger charge is 2.23. The van der Waals surface area contributed by atoms with Crippen LogP contribution >= 0.6 is 11.6 Å². The monoisotopic (exact) mass is 563 g/mol. The first-order valence-electron chi connectivity index (χ1n) is 10.8. The zero-order chi connectivity index (χ0) is 27.4. The topological polar surface area (TPSA) is 185 Å². The van der Waals surface area contributed by atoms with Crippen molar-refractivity contribution in [3.8, 4) is 11.1 Å². The number of amidine groups is 1. The Hall–Kier alpha value is -3.29. The molecule has 0 unspecified atom stereocenters. The maximum Gasteiger partial charge on any atom is 0.238 e.